The molecule has 0 radical (unpaired) electrons. The lowest BCUT2D eigenvalue weighted by Crippen LogP contribution is -2.34. The molecule has 2 heterocycles. The van der Waals surface area contributed by atoms with Gasteiger partial charge in [0.15, 0.2) is 0 Å². The molecule has 0 saturated heterocycles. The van der Waals surface area contributed by atoms with E-state index in [-0.39, 0.29) is 11.9 Å². The summed E-state index contributed by atoms with van der Waals surface area (Å²) < 4.78 is 1.65. The highest BCUT2D eigenvalue weighted by Crippen LogP contribution is 2.02. The fraction of sp³-hybridized carbons (Fsp3) is 0.429. The molecule has 106 valence electrons. The number of hydrogen-bond acceptors (Lipinski definition) is 4. The molecule has 1 N–H and O–H groups in total. The summed E-state index contributed by atoms with van der Waals surface area (Å²) in [5.41, 5.74) is 1.99. The molecular formula is C14H19N5O. The van der Waals surface area contributed by atoms with Crippen LogP contribution in [0, 0.1) is 6.92 Å². The van der Waals surface area contributed by atoms with E-state index in [4.69, 9.17) is 0 Å². The first-order valence-electron chi connectivity index (χ1n) is 6.68. The molecule has 0 aliphatic carbocycles. The van der Waals surface area contributed by atoms with Crippen molar-refractivity contribution in [2.45, 2.75) is 39.3 Å². The van der Waals surface area contributed by atoms with E-state index >= 15 is 0 Å². The normalized spacial score (nSPS) is 12.1. The predicted octanol–water partition coefficient (Wildman–Crippen LogP) is 1.12. The molecule has 2 rings (SSSR count). The van der Waals surface area contributed by atoms with Gasteiger partial charge < -0.3 is 5.32 Å². The van der Waals surface area contributed by atoms with Crippen molar-refractivity contribution < 1.29 is 4.79 Å². The van der Waals surface area contributed by atoms with E-state index in [2.05, 4.69) is 20.4 Å². The first-order chi connectivity index (χ1) is 9.63. The Kier molecular flexibility index (Phi) is 4.81. The SMILES string of the molecule is Cc1cccc(C[C@H](C)NC(=O)CCn2cncn2)n1. The minimum atomic E-state index is 0.0145. The Morgan fingerprint density at radius 2 is 2.30 bits per heavy atom. The van der Waals surface area contributed by atoms with Crippen LogP contribution in [-0.2, 0) is 17.8 Å². The van der Waals surface area contributed by atoms with E-state index in [0.717, 1.165) is 17.8 Å². The van der Waals surface area contributed by atoms with Crippen molar-refractivity contribution in [1.29, 1.82) is 0 Å². The highest BCUT2D eigenvalue weighted by molar-refractivity contribution is 5.76. The summed E-state index contributed by atoms with van der Waals surface area (Å²) in [5.74, 6) is 0.0145. The van der Waals surface area contributed by atoms with Gasteiger partial charge in [-0.05, 0) is 26.0 Å². The van der Waals surface area contributed by atoms with Crippen LogP contribution < -0.4 is 5.32 Å². The van der Waals surface area contributed by atoms with E-state index in [1.165, 1.54) is 6.33 Å². The fourth-order valence-corrected chi connectivity index (χ4v) is 1.99. The minimum absolute atomic E-state index is 0.0145. The summed E-state index contributed by atoms with van der Waals surface area (Å²) in [6.45, 7) is 4.49. The lowest BCUT2D eigenvalue weighted by Gasteiger charge is -2.13. The van der Waals surface area contributed by atoms with Gasteiger partial charge in [-0.3, -0.25) is 14.5 Å². The number of amides is 1. The van der Waals surface area contributed by atoms with Crippen LogP contribution >= 0.6 is 0 Å². The molecule has 0 fully saturated rings. The van der Waals surface area contributed by atoms with Gasteiger partial charge >= 0.3 is 0 Å². The van der Waals surface area contributed by atoms with E-state index in [1.807, 2.05) is 32.0 Å². The maximum Gasteiger partial charge on any atom is 0.222 e. The molecule has 1 amide bonds. The Bertz CT molecular complexity index is 552. The summed E-state index contributed by atoms with van der Waals surface area (Å²) >= 11 is 0. The molecule has 0 spiro atoms. The van der Waals surface area contributed by atoms with Gasteiger partial charge in [0.1, 0.15) is 12.7 Å². The second-order valence-electron chi connectivity index (χ2n) is 4.85. The third-order valence-electron chi connectivity index (χ3n) is 2.90. The molecule has 20 heavy (non-hydrogen) atoms. The monoisotopic (exact) mass is 273 g/mol. The molecule has 2 aromatic heterocycles. The molecule has 6 heteroatoms. The van der Waals surface area contributed by atoms with Gasteiger partial charge in [-0.2, -0.15) is 5.10 Å². The van der Waals surface area contributed by atoms with E-state index in [0.29, 0.717) is 13.0 Å². The van der Waals surface area contributed by atoms with Crippen molar-refractivity contribution in [3.8, 4) is 0 Å². The van der Waals surface area contributed by atoms with Gasteiger partial charge in [0.05, 0.1) is 6.54 Å². The van der Waals surface area contributed by atoms with Gasteiger partial charge in [-0.15, -0.1) is 0 Å². The molecule has 0 aromatic carbocycles. The predicted molar refractivity (Wildman–Crippen MR) is 74.9 cm³/mol. The Hall–Kier alpha value is -2.24. The summed E-state index contributed by atoms with van der Waals surface area (Å²) in [5, 5.41) is 6.93. The van der Waals surface area contributed by atoms with Gasteiger partial charge in [0.25, 0.3) is 0 Å². The number of aryl methyl sites for hydroxylation is 2. The number of pyridine rings is 1. The molecule has 0 saturated carbocycles. The summed E-state index contributed by atoms with van der Waals surface area (Å²) in [6, 6.07) is 5.99. The van der Waals surface area contributed by atoms with Crippen LogP contribution in [0.25, 0.3) is 0 Å². The van der Waals surface area contributed by atoms with Crippen LogP contribution in [0.1, 0.15) is 24.7 Å². The maximum absolute atomic E-state index is 11.8. The Balaban J connectivity index is 1.76. The van der Waals surface area contributed by atoms with E-state index in [1.54, 1.807) is 11.0 Å². The van der Waals surface area contributed by atoms with Gasteiger partial charge in [-0.1, -0.05) is 6.07 Å². The summed E-state index contributed by atoms with van der Waals surface area (Å²) in [6.07, 6.45) is 4.20. The standard InChI is InChI=1S/C14H19N5O/c1-11-4-3-5-13(17-11)8-12(2)18-14(20)6-7-19-10-15-9-16-19/h3-5,9-10,12H,6-8H2,1-2H3,(H,18,20)/t12-/m0/s1. The van der Waals surface area contributed by atoms with Gasteiger partial charge in [-0.25, -0.2) is 4.98 Å². The quantitative estimate of drug-likeness (QED) is 0.856. The second kappa shape index (κ2) is 6.79. The van der Waals surface area contributed by atoms with Crippen molar-refractivity contribution >= 4 is 5.91 Å². The molecule has 6 nitrogen and oxygen atoms in total. The third kappa shape index (κ3) is 4.46. The van der Waals surface area contributed by atoms with E-state index < -0.39 is 0 Å². The van der Waals surface area contributed by atoms with Gasteiger partial charge in [0.2, 0.25) is 5.91 Å². The van der Waals surface area contributed by atoms with Crippen molar-refractivity contribution in [3.63, 3.8) is 0 Å². The highest BCUT2D eigenvalue weighted by Gasteiger charge is 2.09. The van der Waals surface area contributed by atoms with Gasteiger partial charge in [0, 0.05) is 30.3 Å². The highest BCUT2D eigenvalue weighted by atomic mass is 16.1. The van der Waals surface area contributed by atoms with Crippen LogP contribution in [0.2, 0.25) is 0 Å². The Morgan fingerprint density at radius 3 is 3.00 bits per heavy atom. The number of carbonyl (C=O) groups is 1. The number of rotatable bonds is 6. The fourth-order valence-electron chi connectivity index (χ4n) is 1.99. The lowest BCUT2D eigenvalue weighted by molar-refractivity contribution is -0.121. The number of hydrogen-bond donors (Lipinski definition) is 1. The van der Waals surface area contributed by atoms with Crippen LogP contribution in [0.4, 0.5) is 0 Å². The maximum atomic E-state index is 11.8. The van der Waals surface area contributed by atoms with Crippen molar-refractivity contribution in [2.24, 2.45) is 0 Å². The molecule has 1 atom stereocenters. The van der Waals surface area contributed by atoms with E-state index in [9.17, 15) is 4.79 Å². The number of carbonyl (C=O) groups excluding carboxylic acids is 1. The zero-order chi connectivity index (χ0) is 14.4. The molecule has 0 bridgehead atoms. The average Bonchev–Trinajstić information content (AvgIpc) is 2.89. The molecule has 0 unspecified atom stereocenters. The number of nitrogens with zero attached hydrogens (tertiary/aromatic N) is 4. The first kappa shape index (κ1) is 14.2. The minimum Gasteiger partial charge on any atom is -0.353 e. The lowest BCUT2D eigenvalue weighted by atomic mass is 10.1. The molecular weight excluding hydrogens is 254 g/mol. The zero-order valence-electron chi connectivity index (χ0n) is 11.8. The number of nitrogens with one attached hydrogen (secondary N) is 1. The van der Waals surface area contributed by atoms with Crippen molar-refractivity contribution in [1.82, 2.24) is 25.1 Å². The summed E-state index contributed by atoms with van der Waals surface area (Å²) in [7, 11) is 0. The Labute approximate surface area is 118 Å². The van der Waals surface area contributed by atoms with Crippen LogP contribution in [0.5, 0.6) is 0 Å². The third-order valence-corrected chi connectivity index (χ3v) is 2.90. The topological polar surface area (TPSA) is 72.7 Å². The van der Waals surface area contributed by atoms with Crippen LogP contribution in [-0.4, -0.2) is 31.7 Å². The largest absolute Gasteiger partial charge is 0.353 e. The summed E-state index contributed by atoms with van der Waals surface area (Å²) in [4.78, 5) is 20.1. The molecule has 0 aliphatic heterocycles. The van der Waals surface area contributed by atoms with Crippen molar-refractivity contribution in [3.05, 3.63) is 42.2 Å². The first-order valence-corrected chi connectivity index (χ1v) is 6.68. The van der Waals surface area contributed by atoms with Crippen LogP contribution in [0.3, 0.4) is 0 Å². The average molecular weight is 273 g/mol. The second-order valence-corrected chi connectivity index (χ2v) is 4.85. The zero-order valence-corrected chi connectivity index (χ0v) is 11.8. The molecule has 0 aliphatic rings. The Morgan fingerprint density at radius 1 is 1.45 bits per heavy atom. The smallest absolute Gasteiger partial charge is 0.222 e. The van der Waals surface area contributed by atoms with Crippen molar-refractivity contribution in [2.75, 3.05) is 0 Å². The number of aromatic nitrogens is 4. The van der Waals surface area contributed by atoms with Crippen LogP contribution in [0.15, 0.2) is 30.9 Å². The molecule has 2 aromatic rings.